The van der Waals surface area contributed by atoms with Crippen LogP contribution in [-0.4, -0.2) is 15.0 Å². The van der Waals surface area contributed by atoms with E-state index in [4.69, 9.17) is 11.6 Å². The average molecular weight is 362 g/mol. The van der Waals surface area contributed by atoms with Crippen LogP contribution in [0.25, 0.3) is 34.2 Å². The summed E-state index contributed by atoms with van der Waals surface area (Å²) in [7, 11) is 0. The SMILES string of the molecule is Fc1c(Cl)cccc1-c1nc(-c2ccccc2)nc(-c2ccccc2)n1. The van der Waals surface area contributed by atoms with E-state index in [1.54, 1.807) is 12.1 Å². The Bertz CT molecular complexity index is 996. The van der Waals surface area contributed by atoms with Crippen LogP contribution in [0.5, 0.6) is 0 Å². The molecule has 0 atom stereocenters. The van der Waals surface area contributed by atoms with Crippen molar-refractivity contribution in [1.82, 2.24) is 15.0 Å². The van der Waals surface area contributed by atoms with E-state index in [0.717, 1.165) is 11.1 Å². The van der Waals surface area contributed by atoms with Crippen LogP contribution in [0, 0.1) is 5.82 Å². The van der Waals surface area contributed by atoms with E-state index in [2.05, 4.69) is 15.0 Å². The summed E-state index contributed by atoms with van der Waals surface area (Å²) >= 11 is 5.93. The van der Waals surface area contributed by atoms with Crippen molar-refractivity contribution >= 4 is 11.6 Å². The summed E-state index contributed by atoms with van der Waals surface area (Å²) in [4.78, 5) is 13.5. The molecule has 4 aromatic rings. The van der Waals surface area contributed by atoms with Gasteiger partial charge in [0.1, 0.15) is 0 Å². The van der Waals surface area contributed by atoms with Gasteiger partial charge in [-0.05, 0) is 12.1 Å². The fraction of sp³-hybridized carbons (Fsp3) is 0. The molecule has 5 heteroatoms. The van der Waals surface area contributed by atoms with E-state index >= 15 is 0 Å². The molecule has 126 valence electrons. The van der Waals surface area contributed by atoms with Gasteiger partial charge in [-0.25, -0.2) is 19.3 Å². The number of halogens is 2. The summed E-state index contributed by atoms with van der Waals surface area (Å²) in [5.74, 6) is 0.666. The predicted octanol–water partition coefficient (Wildman–Crippen LogP) is 5.67. The average Bonchev–Trinajstić information content (AvgIpc) is 2.71. The number of benzene rings is 3. The number of hydrogen-bond donors (Lipinski definition) is 0. The van der Waals surface area contributed by atoms with Gasteiger partial charge in [-0.1, -0.05) is 78.3 Å². The highest BCUT2D eigenvalue weighted by atomic mass is 35.5. The topological polar surface area (TPSA) is 38.7 Å². The number of nitrogens with zero attached hydrogens (tertiary/aromatic N) is 3. The molecule has 26 heavy (non-hydrogen) atoms. The fourth-order valence-corrected chi connectivity index (χ4v) is 2.78. The molecule has 0 saturated carbocycles. The number of aromatic nitrogens is 3. The molecule has 0 aliphatic rings. The molecule has 0 N–H and O–H groups in total. The lowest BCUT2D eigenvalue weighted by Gasteiger charge is -2.09. The van der Waals surface area contributed by atoms with Crippen molar-refractivity contribution in [2.24, 2.45) is 0 Å². The van der Waals surface area contributed by atoms with Crippen LogP contribution >= 0.6 is 11.6 Å². The third-order valence-electron chi connectivity index (χ3n) is 3.89. The molecule has 0 bridgehead atoms. The van der Waals surface area contributed by atoms with Gasteiger partial charge < -0.3 is 0 Å². The summed E-state index contributed by atoms with van der Waals surface area (Å²) < 4.78 is 14.5. The molecule has 0 radical (unpaired) electrons. The molecule has 3 aromatic carbocycles. The van der Waals surface area contributed by atoms with Gasteiger partial charge in [0.2, 0.25) is 0 Å². The van der Waals surface area contributed by atoms with E-state index in [1.807, 2.05) is 60.7 Å². The monoisotopic (exact) mass is 361 g/mol. The Labute approximate surface area is 155 Å². The zero-order chi connectivity index (χ0) is 17.9. The lowest BCUT2D eigenvalue weighted by atomic mass is 10.1. The van der Waals surface area contributed by atoms with Crippen molar-refractivity contribution < 1.29 is 4.39 Å². The van der Waals surface area contributed by atoms with Crippen LogP contribution in [-0.2, 0) is 0 Å². The van der Waals surface area contributed by atoms with Gasteiger partial charge in [-0.15, -0.1) is 0 Å². The van der Waals surface area contributed by atoms with E-state index in [1.165, 1.54) is 6.07 Å². The molecule has 0 spiro atoms. The number of rotatable bonds is 3. The molecule has 1 aromatic heterocycles. The Morgan fingerprint density at radius 1 is 0.577 bits per heavy atom. The van der Waals surface area contributed by atoms with Crippen LogP contribution in [0.2, 0.25) is 5.02 Å². The highest BCUT2D eigenvalue weighted by molar-refractivity contribution is 6.31. The molecule has 0 saturated heterocycles. The quantitative estimate of drug-likeness (QED) is 0.472. The van der Waals surface area contributed by atoms with Gasteiger partial charge in [0, 0.05) is 11.1 Å². The van der Waals surface area contributed by atoms with Crippen molar-refractivity contribution in [2.45, 2.75) is 0 Å². The van der Waals surface area contributed by atoms with Gasteiger partial charge in [0.25, 0.3) is 0 Å². The largest absolute Gasteiger partial charge is 0.208 e. The molecule has 0 amide bonds. The molecule has 0 unspecified atom stereocenters. The second kappa shape index (κ2) is 7.02. The number of hydrogen-bond acceptors (Lipinski definition) is 3. The van der Waals surface area contributed by atoms with E-state index in [9.17, 15) is 4.39 Å². The highest BCUT2D eigenvalue weighted by Crippen LogP contribution is 2.28. The summed E-state index contributed by atoms with van der Waals surface area (Å²) in [5.41, 5.74) is 1.90. The molecule has 1 heterocycles. The van der Waals surface area contributed by atoms with Gasteiger partial charge in [0.05, 0.1) is 10.6 Å². The van der Waals surface area contributed by atoms with Crippen molar-refractivity contribution in [3.63, 3.8) is 0 Å². The molecular weight excluding hydrogens is 349 g/mol. The molecule has 0 aliphatic heterocycles. The summed E-state index contributed by atoms with van der Waals surface area (Å²) in [6, 6.07) is 23.9. The predicted molar refractivity (Wildman–Crippen MR) is 101 cm³/mol. The molecule has 0 aliphatic carbocycles. The smallest absolute Gasteiger partial charge is 0.167 e. The molecule has 0 fully saturated rings. The van der Waals surface area contributed by atoms with Gasteiger partial charge in [0.15, 0.2) is 23.3 Å². The summed E-state index contributed by atoms with van der Waals surface area (Å²) in [6.45, 7) is 0. The van der Waals surface area contributed by atoms with Gasteiger partial charge in [-0.2, -0.15) is 0 Å². The van der Waals surface area contributed by atoms with Crippen molar-refractivity contribution in [3.05, 3.63) is 89.7 Å². The zero-order valence-electron chi connectivity index (χ0n) is 13.6. The lowest BCUT2D eigenvalue weighted by molar-refractivity contribution is 0.630. The Kier molecular flexibility index (Phi) is 4.42. The van der Waals surface area contributed by atoms with Crippen LogP contribution in [0.4, 0.5) is 4.39 Å². The minimum atomic E-state index is -0.543. The third-order valence-corrected chi connectivity index (χ3v) is 4.18. The Balaban J connectivity index is 1.95. The van der Waals surface area contributed by atoms with E-state index < -0.39 is 5.82 Å². The Morgan fingerprint density at radius 2 is 1.08 bits per heavy atom. The van der Waals surface area contributed by atoms with Gasteiger partial charge >= 0.3 is 0 Å². The van der Waals surface area contributed by atoms with Crippen molar-refractivity contribution in [3.8, 4) is 34.2 Å². The molecule has 3 nitrogen and oxygen atoms in total. The first-order valence-electron chi connectivity index (χ1n) is 8.03. The van der Waals surface area contributed by atoms with Crippen LogP contribution in [0.1, 0.15) is 0 Å². The minimum absolute atomic E-state index is 0.0328. The molecular formula is C21H13ClFN3. The maximum Gasteiger partial charge on any atom is 0.167 e. The highest BCUT2D eigenvalue weighted by Gasteiger charge is 2.15. The first kappa shape index (κ1) is 16.4. The van der Waals surface area contributed by atoms with Crippen molar-refractivity contribution in [1.29, 1.82) is 0 Å². The normalized spacial score (nSPS) is 10.7. The second-order valence-corrected chi connectivity index (χ2v) is 6.05. The maximum absolute atomic E-state index is 14.5. The summed E-state index contributed by atoms with van der Waals surface area (Å²) in [6.07, 6.45) is 0. The molecule has 4 rings (SSSR count). The Hall–Kier alpha value is -3.11. The van der Waals surface area contributed by atoms with Crippen LogP contribution < -0.4 is 0 Å². The second-order valence-electron chi connectivity index (χ2n) is 5.64. The zero-order valence-corrected chi connectivity index (χ0v) is 14.4. The lowest BCUT2D eigenvalue weighted by Crippen LogP contribution is -2.01. The van der Waals surface area contributed by atoms with Crippen LogP contribution in [0.15, 0.2) is 78.9 Å². The third kappa shape index (κ3) is 3.19. The first-order chi connectivity index (χ1) is 12.7. The standard InChI is InChI=1S/C21H13ClFN3/c22-17-13-7-12-16(18(17)23)21-25-19(14-8-3-1-4-9-14)24-20(26-21)15-10-5-2-6-11-15/h1-13H. The maximum atomic E-state index is 14.5. The van der Waals surface area contributed by atoms with Gasteiger partial charge in [-0.3, -0.25) is 0 Å². The fourth-order valence-electron chi connectivity index (χ4n) is 2.61. The van der Waals surface area contributed by atoms with Crippen LogP contribution in [0.3, 0.4) is 0 Å². The van der Waals surface area contributed by atoms with Crippen molar-refractivity contribution in [2.75, 3.05) is 0 Å². The first-order valence-corrected chi connectivity index (χ1v) is 8.41. The minimum Gasteiger partial charge on any atom is -0.208 e. The Morgan fingerprint density at radius 3 is 1.62 bits per heavy atom. The summed E-state index contributed by atoms with van der Waals surface area (Å²) in [5, 5.41) is 0.0328. The van der Waals surface area contributed by atoms with E-state index in [0.29, 0.717) is 11.6 Å². The van der Waals surface area contributed by atoms with E-state index in [-0.39, 0.29) is 16.4 Å².